The fourth-order valence-corrected chi connectivity index (χ4v) is 3.44. The molecule has 0 saturated heterocycles. The number of carbonyl (C=O) groups is 2. The lowest BCUT2D eigenvalue weighted by molar-refractivity contribution is -0.113. The Morgan fingerprint density at radius 2 is 1.90 bits per heavy atom. The van der Waals surface area contributed by atoms with Crippen molar-refractivity contribution in [1.29, 1.82) is 0 Å². The molecule has 0 fully saturated rings. The fraction of sp³-hybridized carbons (Fsp3) is 0.190. The van der Waals surface area contributed by atoms with E-state index in [-0.39, 0.29) is 23.4 Å². The van der Waals surface area contributed by atoms with Crippen LogP contribution in [-0.2, 0) is 11.8 Å². The molecule has 1 atom stereocenters. The van der Waals surface area contributed by atoms with Crippen molar-refractivity contribution in [1.82, 2.24) is 14.9 Å². The van der Waals surface area contributed by atoms with E-state index in [4.69, 9.17) is 0 Å². The molecule has 2 N–H and O–H groups in total. The van der Waals surface area contributed by atoms with Crippen molar-refractivity contribution in [3.05, 3.63) is 77.9 Å². The number of rotatable bonds is 7. The van der Waals surface area contributed by atoms with E-state index in [0.29, 0.717) is 16.8 Å². The van der Waals surface area contributed by atoms with Gasteiger partial charge in [0.05, 0.1) is 11.8 Å². The number of thioether (sulfide) groups is 1. The van der Waals surface area contributed by atoms with Crippen LogP contribution < -0.4 is 10.6 Å². The first kappa shape index (κ1) is 20.6. The number of nitrogens with one attached hydrogen (secondary N) is 2. The number of hydrogen-bond acceptors (Lipinski definition) is 4. The number of carbonyl (C=O) groups excluding carboxylic acids is 2. The number of amides is 2. The van der Waals surface area contributed by atoms with E-state index in [1.54, 1.807) is 55.6 Å². The van der Waals surface area contributed by atoms with E-state index in [1.807, 2.05) is 17.8 Å². The molecular weight excluding hydrogens is 391 g/mol. The van der Waals surface area contributed by atoms with Gasteiger partial charge in [0, 0.05) is 36.3 Å². The maximum atomic E-state index is 13.8. The van der Waals surface area contributed by atoms with Crippen molar-refractivity contribution in [3.8, 4) is 0 Å². The van der Waals surface area contributed by atoms with Gasteiger partial charge >= 0.3 is 0 Å². The second kappa shape index (κ2) is 9.38. The smallest absolute Gasteiger partial charge is 0.251 e. The highest BCUT2D eigenvalue weighted by Crippen LogP contribution is 2.18. The monoisotopic (exact) mass is 412 g/mol. The maximum Gasteiger partial charge on any atom is 0.251 e. The summed E-state index contributed by atoms with van der Waals surface area (Å²) in [5, 5.41) is 6.32. The Hall–Kier alpha value is -3.13. The minimum Gasteiger partial charge on any atom is -0.345 e. The molecule has 2 aromatic carbocycles. The lowest BCUT2D eigenvalue weighted by Crippen LogP contribution is -2.27. The predicted octanol–water partition coefficient (Wildman–Crippen LogP) is 3.78. The molecule has 3 rings (SSSR count). The third-order valence-electron chi connectivity index (χ3n) is 4.26. The zero-order valence-electron chi connectivity index (χ0n) is 16.1. The average Bonchev–Trinajstić information content (AvgIpc) is 3.12. The summed E-state index contributed by atoms with van der Waals surface area (Å²) in [5.41, 5.74) is 1.44. The van der Waals surface area contributed by atoms with Crippen LogP contribution >= 0.6 is 11.8 Å². The van der Waals surface area contributed by atoms with Gasteiger partial charge in [-0.3, -0.25) is 9.59 Å². The van der Waals surface area contributed by atoms with Crippen LogP contribution in [0.15, 0.2) is 66.1 Å². The van der Waals surface area contributed by atoms with Gasteiger partial charge in [-0.1, -0.05) is 30.0 Å². The van der Waals surface area contributed by atoms with E-state index in [1.165, 1.54) is 17.8 Å². The van der Waals surface area contributed by atoms with Crippen molar-refractivity contribution in [3.63, 3.8) is 0 Å². The molecule has 6 nitrogen and oxygen atoms in total. The summed E-state index contributed by atoms with van der Waals surface area (Å²) in [7, 11) is 1.87. The number of aromatic nitrogens is 2. The zero-order chi connectivity index (χ0) is 20.8. The Bertz CT molecular complexity index is 1000. The first-order valence-electron chi connectivity index (χ1n) is 8.99. The molecule has 29 heavy (non-hydrogen) atoms. The van der Waals surface area contributed by atoms with Crippen LogP contribution in [0.3, 0.4) is 0 Å². The molecule has 1 unspecified atom stereocenters. The van der Waals surface area contributed by atoms with Crippen LogP contribution in [0.25, 0.3) is 0 Å². The summed E-state index contributed by atoms with van der Waals surface area (Å²) in [6.07, 6.45) is 3.49. The first-order valence-corrected chi connectivity index (χ1v) is 9.98. The van der Waals surface area contributed by atoms with Gasteiger partial charge in [-0.15, -0.1) is 0 Å². The summed E-state index contributed by atoms with van der Waals surface area (Å²) in [6.45, 7) is 1.73. The number of nitrogens with zero attached hydrogens (tertiary/aromatic N) is 2. The molecule has 150 valence electrons. The highest BCUT2D eigenvalue weighted by Gasteiger charge is 2.14. The van der Waals surface area contributed by atoms with Crippen LogP contribution in [0, 0.1) is 5.82 Å². The van der Waals surface area contributed by atoms with Crippen LogP contribution in [0.1, 0.15) is 28.9 Å². The number of halogens is 1. The summed E-state index contributed by atoms with van der Waals surface area (Å²) in [4.78, 5) is 28.6. The van der Waals surface area contributed by atoms with Crippen LogP contribution in [0.2, 0.25) is 0 Å². The lowest BCUT2D eigenvalue weighted by Gasteiger charge is -2.15. The van der Waals surface area contributed by atoms with E-state index in [2.05, 4.69) is 15.6 Å². The summed E-state index contributed by atoms with van der Waals surface area (Å²) < 4.78 is 15.7. The van der Waals surface area contributed by atoms with Crippen molar-refractivity contribution in [2.24, 2.45) is 7.05 Å². The number of aryl methyl sites for hydroxylation is 1. The molecule has 8 heteroatoms. The highest BCUT2D eigenvalue weighted by molar-refractivity contribution is 7.99. The standard InChI is InChI=1S/C21H21FN4O2S/c1-14(17-5-3-4-6-18(17)22)24-20(28)15-7-9-16(10-8-15)25-19(27)13-29-21-23-11-12-26(21)2/h3-12,14H,13H2,1-2H3,(H,24,28)(H,25,27). The Balaban J connectivity index is 1.54. The van der Waals surface area contributed by atoms with Crippen LogP contribution in [0.4, 0.5) is 10.1 Å². The first-order chi connectivity index (χ1) is 13.9. The molecule has 3 aromatic rings. The normalized spacial score (nSPS) is 11.7. The van der Waals surface area contributed by atoms with Gasteiger partial charge < -0.3 is 15.2 Å². The molecule has 0 bridgehead atoms. The number of benzene rings is 2. The highest BCUT2D eigenvalue weighted by atomic mass is 32.2. The van der Waals surface area contributed by atoms with E-state index in [0.717, 1.165) is 5.16 Å². The topological polar surface area (TPSA) is 76.0 Å². The molecular formula is C21H21FN4O2S. The van der Waals surface area contributed by atoms with Gasteiger partial charge in [0.15, 0.2) is 5.16 Å². The molecule has 0 aliphatic heterocycles. The van der Waals surface area contributed by atoms with Gasteiger partial charge in [-0.05, 0) is 37.3 Å². The Morgan fingerprint density at radius 1 is 1.17 bits per heavy atom. The molecule has 0 radical (unpaired) electrons. The van der Waals surface area contributed by atoms with E-state index < -0.39 is 6.04 Å². The molecule has 1 aromatic heterocycles. The van der Waals surface area contributed by atoms with Crippen molar-refractivity contribution >= 4 is 29.3 Å². The van der Waals surface area contributed by atoms with Gasteiger partial charge in [-0.2, -0.15) is 0 Å². The van der Waals surface area contributed by atoms with Gasteiger partial charge in [0.1, 0.15) is 5.82 Å². The molecule has 0 spiro atoms. The quantitative estimate of drug-likeness (QED) is 0.579. The number of imidazole rings is 1. The van der Waals surface area contributed by atoms with Crippen molar-refractivity contribution < 1.29 is 14.0 Å². The van der Waals surface area contributed by atoms with Crippen molar-refractivity contribution in [2.75, 3.05) is 11.1 Å². The maximum absolute atomic E-state index is 13.8. The second-order valence-electron chi connectivity index (χ2n) is 6.45. The minimum absolute atomic E-state index is 0.164. The molecule has 0 saturated carbocycles. The van der Waals surface area contributed by atoms with E-state index in [9.17, 15) is 14.0 Å². The van der Waals surface area contributed by atoms with E-state index >= 15 is 0 Å². The minimum atomic E-state index is -0.466. The van der Waals surface area contributed by atoms with Crippen LogP contribution in [0.5, 0.6) is 0 Å². The third-order valence-corrected chi connectivity index (χ3v) is 5.32. The Kier molecular flexibility index (Phi) is 6.66. The molecule has 0 aliphatic carbocycles. The summed E-state index contributed by atoms with van der Waals surface area (Å²) in [5.74, 6) is -0.609. The Labute approximate surface area is 172 Å². The molecule has 1 heterocycles. The number of hydrogen-bond donors (Lipinski definition) is 2. The predicted molar refractivity (Wildman–Crippen MR) is 111 cm³/mol. The fourth-order valence-electron chi connectivity index (χ4n) is 2.71. The SMILES string of the molecule is CC(NC(=O)c1ccc(NC(=O)CSc2nccn2C)cc1)c1ccccc1F. The van der Waals surface area contributed by atoms with Gasteiger partial charge in [0.2, 0.25) is 5.91 Å². The van der Waals surface area contributed by atoms with Crippen LogP contribution in [-0.4, -0.2) is 27.1 Å². The average molecular weight is 412 g/mol. The molecule has 2 amide bonds. The van der Waals surface area contributed by atoms with Gasteiger partial charge in [-0.25, -0.2) is 9.37 Å². The largest absolute Gasteiger partial charge is 0.345 e. The summed E-state index contributed by atoms with van der Waals surface area (Å²) in [6, 6.07) is 12.4. The Morgan fingerprint density at radius 3 is 2.55 bits per heavy atom. The van der Waals surface area contributed by atoms with Gasteiger partial charge in [0.25, 0.3) is 5.91 Å². The van der Waals surface area contributed by atoms with Crippen molar-refractivity contribution in [2.45, 2.75) is 18.1 Å². The third kappa shape index (κ3) is 5.45. The molecule has 0 aliphatic rings. The lowest BCUT2D eigenvalue weighted by atomic mass is 10.1. The second-order valence-corrected chi connectivity index (χ2v) is 7.39. The number of anilines is 1. The zero-order valence-corrected chi connectivity index (χ0v) is 16.9. The summed E-state index contributed by atoms with van der Waals surface area (Å²) >= 11 is 1.34.